The van der Waals surface area contributed by atoms with Gasteiger partial charge in [0.15, 0.2) is 23.0 Å². The van der Waals surface area contributed by atoms with E-state index in [2.05, 4.69) is 0 Å². The second-order valence-electron chi connectivity index (χ2n) is 8.49. The Balaban J connectivity index is 1.59. The summed E-state index contributed by atoms with van der Waals surface area (Å²) < 4.78 is 10.8. The molecule has 11 heteroatoms. The molecule has 0 saturated heterocycles. The predicted molar refractivity (Wildman–Crippen MR) is 130 cm³/mol. The molecule has 3 aromatic rings. The quantitative estimate of drug-likeness (QED) is 0.145. The number of ether oxygens (including phenoxy) is 2. The van der Waals surface area contributed by atoms with Crippen LogP contribution in [0.3, 0.4) is 0 Å². The third kappa shape index (κ3) is 5.31. The first-order chi connectivity index (χ1) is 18.0. The van der Waals surface area contributed by atoms with Crippen molar-refractivity contribution < 1.29 is 54.5 Å². The van der Waals surface area contributed by atoms with Gasteiger partial charge in [0.2, 0.25) is 6.10 Å². The second-order valence-corrected chi connectivity index (χ2v) is 8.49. The topological polar surface area (TPSA) is 191 Å². The highest BCUT2D eigenvalue weighted by molar-refractivity contribution is 5.91. The van der Waals surface area contributed by atoms with Gasteiger partial charge in [-0.05, 0) is 53.1 Å². The van der Waals surface area contributed by atoms with Crippen molar-refractivity contribution in [3.63, 3.8) is 0 Å². The van der Waals surface area contributed by atoms with E-state index < -0.39 is 47.5 Å². The van der Waals surface area contributed by atoms with Crippen LogP contribution < -0.4 is 4.74 Å². The van der Waals surface area contributed by atoms with E-state index in [0.29, 0.717) is 5.56 Å². The van der Waals surface area contributed by atoms with E-state index in [0.717, 1.165) is 12.1 Å². The third-order valence-electron chi connectivity index (χ3n) is 5.95. The molecule has 0 aromatic heterocycles. The molecule has 3 unspecified atom stereocenters. The number of phenols is 4. The number of fused-ring (bicyclic) bond motifs is 1. The average molecular weight is 522 g/mol. The Kier molecular flexibility index (Phi) is 7.10. The summed E-state index contributed by atoms with van der Waals surface area (Å²) in [4.78, 5) is 36.3. The molecule has 196 valence electrons. The van der Waals surface area contributed by atoms with Crippen LogP contribution in [-0.2, 0) is 25.5 Å². The van der Waals surface area contributed by atoms with Crippen LogP contribution >= 0.6 is 0 Å². The van der Waals surface area contributed by atoms with Crippen LogP contribution in [0.25, 0.3) is 6.08 Å². The number of hydrogen-bond acceptors (Lipinski definition) is 9. The minimum atomic E-state index is -1.52. The van der Waals surface area contributed by atoms with E-state index in [4.69, 9.17) is 9.47 Å². The van der Waals surface area contributed by atoms with Crippen molar-refractivity contribution in [2.24, 2.45) is 0 Å². The highest BCUT2D eigenvalue weighted by Gasteiger charge is 2.43. The molecule has 0 spiro atoms. The van der Waals surface area contributed by atoms with Crippen molar-refractivity contribution in [1.82, 2.24) is 0 Å². The molecule has 0 saturated carbocycles. The lowest BCUT2D eigenvalue weighted by Crippen LogP contribution is -2.28. The van der Waals surface area contributed by atoms with Crippen molar-refractivity contribution in [3.05, 3.63) is 82.9 Å². The summed E-state index contributed by atoms with van der Waals surface area (Å²) in [7, 11) is 0. The standard InChI is InChI=1S/C27H22O11/c28-16-6-1-13(2-7-16)11-20(26(33)34)37-21(32)10-5-14-3-9-18(30)25-22(14)23(27(35)36)24(38-25)15-4-8-17(29)19(31)12-15/h1-10,12,20,23-24,28-31H,11H2,(H,33,34)(H,35,36). The van der Waals surface area contributed by atoms with Gasteiger partial charge in [0.05, 0.1) is 0 Å². The largest absolute Gasteiger partial charge is 0.508 e. The summed E-state index contributed by atoms with van der Waals surface area (Å²) in [6, 6.07) is 12.0. The molecule has 0 radical (unpaired) electrons. The third-order valence-corrected chi connectivity index (χ3v) is 5.95. The zero-order chi connectivity index (χ0) is 27.6. The minimum absolute atomic E-state index is 0.00456. The van der Waals surface area contributed by atoms with Crippen LogP contribution in [0.5, 0.6) is 28.7 Å². The van der Waals surface area contributed by atoms with Crippen LogP contribution in [0.2, 0.25) is 0 Å². The van der Waals surface area contributed by atoms with E-state index in [1.165, 1.54) is 54.6 Å². The van der Waals surface area contributed by atoms with Crippen molar-refractivity contribution >= 4 is 24.0 Å². The molecule has 6 N–H and O–H groups in total. The number of carboxylic acid groups (broad SMARTS) is 2. The number of esters is 1. The molecule has 0 amide bonds. The fourth-order valence-electron chi connectivity index (χ4n) is 4.13. The molecule has 1 heterocycles. The van der Waals surface area contributed by atoms with E-state index in [-0.39, 0.29) is 40.4 Å². The number of rotatable bonds is 8. The second kappa shape index (κ2) is 10.4. The van der Waals surface area contributed by atoms with Crippen molar-refractivity contribution in [2.75, 3.05) is 0 Å². The Morgan fingerprint density at radius 1 is 0.895 bits per heavy atom. The number of carbonyl (C=O) groups excluding carboxylic acids is 1. The molecule has 1 aliphatic heterocycles. The van der Waals surface area contributed by atoms with Crippen molar-refractivity contribution in [2.45, 2.75) is 24.5 Å². The highest BCUT2D eigenvalue weighted by atomic mass is 16.6. The molecule has 0 aliphatic carbocycles. The fourth-order valence-corrected chi connectivity index (χ4v) is 4.13. The van der Waals surface area contributed by atoms with Crippen molar-refractivity contribution in [3.8, 4) is 28.7 Å². The molecule has 38 heavy (non-hydrogen) atoms. The van der Waals surface area contributed by atoms with Crippen LogP contribution in [-0.4, -0.2) is 54.7 Å². The Labute approximate surface area is 215 Å². The lowest BCUT2D eigenvalue weighted by Gasteiger charge is -2.17. The summed E-state index contributed by atoms with van der Waals surface area (Å²) in [6.07, 6.45) is -0.708. The first-order valence-corrected chi connectivity index (χ1v) is 11.2. The summed E-state index contributed by atoms with van der Waals surface area (Å²) in [6.45, 7) is 0. The first kappa shape index (κ1) is 25.9. The number of phenolic OH excluding ortho intramolecular Hbond substituents is 4. The lowest BCUT2D eigenvalue weighted by atomic mass is 9.88. The van der Waals surface area contributed by atoms with E-state index in [9.17, 15) is 45.0 Å². The number of carboxylic acids is 2. The van der Waals surface area contributed by atoms with Crippen LogP contribution in [0.4, 0.5) is 0 Å². The molecule has 1 aliphatic rings. The molecule has 11 nitrogen and oxygen atoms in total. The Morgan fingerprint density at radius 2 is 1.58 bits per heavy atom. The molecular formula is C27H22O11. The van der Waals surface area contributed by atoms with Gasteiger partial charge in [-0.3, -0.25) is 4.79 Å². The fraction of sp³-hybridized carbons (Fsp3) is 0.148. The lowest BCUT2D eigenvalue weighted by molar-refractivity contribution is -0.160. The summed E-state index contributed by atoms with van der Waals surface area (Å²) in [5, 5.41) is 58.6. The monoisotopic (exact) mass is 522 g/mol. The van der Waals surface area contributed by atoms with Gasteiger partial charge in [0, 0.05) is 18.1 Å². The first-order valence-electron chi connectivity index (χ1n) is 11.2. The van der Waals surface area contributed by atoms with Gasteiger partial charge in [0.1, 0.15) is 17.8 Å². The predicted octanol–water partition coefficient (Wildman–Crippen LogP) is 3.06. The SMILES string of the molecule is O=C(C=Cc1ccc(O)c2c1C(C(=O)O)C(c1ccc(O)c(O)c1)O2)OC(Cc1ccc(O)cc1)C(=O)O. The van der Waals surface area contributed by atoms with Gasteiger partial charge >= 0.3 is 17.9 Å². The maximum atomic E-state index is 12.5. The maximum Gasteiger partial charge on any atom is 0.345 e. The Hall–Kier alpha value is -5.19. The zero-order valence-corrected chi connectivity index (χ0v) is 19.5. The van der Waals surface area contributed by atoms with Gasteiger partial charge in [0.25, 0.3) is 0 Å². The summed E-state index contributed by atoms with van der Waals surface area (Å²) >= 11 is 0. The zero-order valence-electron chi connectivity index (χ0n) is 19.5. The molecule has 3 atom stereocenters. The molecule has 0 bridgehead atoms. The van der Waals surface area contributed by atoms with E-state index >= 15 is 0 Å². The molecular weight excluding hydrogens is 500 g/mol. The number of hydrogen-bond donors (Lipinski definition) is 6. The van der Waals surface area contributed by atoms with E-state index in [1.807, 2.05) is 0 Å². The van der Waals surface area contributed by atoms with Crippen molar-refractivity contribution in [1.29, 1.82) is 0 Å². The van der Waals surface area contributed by atoms with E-state index in [1.54, 1.807) is 0 Å². The smallest absolute Gasteiger partial charge is 0.345 e. The maximum absolute atomic E-state index is 12.5. The molecule has 3 aromatic carbocycles. The number of carbonyl (C=O) groups is 3. The Bertz CT molecular complexity index is 1430. The minimum Gasteiger partial charge on any atom is -0.508 e. The highest BCUT2D eigenvalue weighted by Crippen LogP contribution is 2.52. The van der Waals surface area contributed by atoms with Crippen LogP contribution in [0.15, 0.2) is 60.7 Å². The summed E-state index contributed by atoms with van der Waals surface area (Å²) in [5.41, 5.74) is 0.975. The number of aromatic hydroxyl groups is 4. The van der Waals surface area contributed by atoms with Gasteiger partial charge in [-0.15, -0.1) is 0 Å². The van der Waals surface area contributed by atoms with Gasteiger partial charge in [-0.2, -0.15) is 0 Å². The molecule has 0 fully saturated rings. The van der Waals surface area contributed by atoms with Gasteiger partial charge < -0.3 is 40.1 Å². The van der Waals surface area contributed by atoms with Crippen LogP contribution in [0, 0.1) is 0 Å². The van der Waals surface area contributed by atoms with Crippen LogP contribution in [0.1, 0.15) is 34.3 Å². The van der Waals surface area contributed by atoms with Gasteiger partial charge in [-0.1, -0.05) is 24.3 Å². The number of benzene rings is 3. The Morgan fingerprint density at radius 3 is 2.21 bits per heavy atom. The average Bonchev–Trinajstić information content (AvgIpc) is 3.28. The normalized spacial score (nSPS) is 16.9. The number of aliphatic carboxylic acids is 2. The molecule has 4 rings (SSSR count). The van der Waals surface area contributed by atoms with Gasteiger partial charge in [-0.25, -0.2) is 9.59 Å². The summed E-state index contributed by atoms with van der Waals surface area (Å²) in [5.74, 6) is -6.46.